The van der Waals surface area contributed by atoms with Gasteiger partial charge in [0, 0.05) is 25.9 Å². The van der Waals surface area contributed by atoms with Crippen LogP contribution in [0, 0.1) is 12.8 Å². The molecule has 0 saturated carbocycles. The Hall–Kier alpha value is -2.40. The van der Waals surface area contributed by atoms with Crippen molar-refractivity contribution in [1.82, 2.24) is 9.47 Å². The molecule has 3 rings (SSSR count). The van der Waals surface area contributed by atoms with Gasteiger partial charge in [-0.15, -0.1) is 0 Å². The molecule has 1 aliphatic rings. The first-order valence-electron chi connectivity index (χ1n) is 10.1. The highest BCUT2D eigenvalue weighted by Crippen LogP contribution is 2.16. The molecule has 5 nitrogen and oxygen atoms in total. The number of piperidine rings is 1. The third kappa shape index (κ3) is 5.10. The number of aromatic nitrogens is 1. The molecule has 150 valence electrons. The third-order valence-corrected chi connectivity index (χ3v) is 5.08. The summed E-state index contributed by atoms with van der Waals surface area (Å²) in [6.45, 7) is 8.78. The van der Waals surface area contributed by atoms with E-state index < -0.39 is 0 Å². The number of amides is 1. The minimum atomic E-state index is -0.229. The Morgan fingerprint density at radius 3 is 2.61 bits per heavy atom. The molecule has 1 aromatic heterocycles. The van der Waals surface area contributed by atoms with Crippen LogP contribution < -0.4 is 5.56 Å². The standard InChI is InChI=1S/C23H30N2O3/c1-17(2)16-28-20-9-12-24(13-10-20)22(26)21-8-5-11-25(23(21)27)15-19-7-4-6-18(3)14-19/h4-8,11,14,17,20H,9-10,12-13,15-16H2,1-3H3. The van der Waals surface area contributed by atoms with Crippen molar-refractivity contribution in [2.24, 2.45) is 5.92 Å². The highest BCUT2D eigenvalue weighted by Gasteiger charge is 2.26. The fraction of sp³-hybridized carbons (Fsp3) is 0.478. The third-order valence-electron chi connectivity index (χ3n) is 5.08. The lowest BCUT2D eigenvalue weighted by molar-refractivity contribution is -0.00235. The summed E-state index contributed by atoms with van der Waals surface area (Å²) in [5.74, 6) is 0.335. The summed E-state index contributed by atoms with van der Waals surface area (Å²) in [4.78, 5) is 27.6. The van der Waals surface area contributed by atoms with E-state index in [9.17, 15) is 9.59 Å². The maximum atomic E-state index is 12.9. The van der Waals surface area contributed by atoms with Gasteiger partial charge in [0.15, 0.2) is 0 Å². The fourth-order valence-electron chi connectivity index (χ4n) is 3.56. The Bertz CT molecular complexity index is 864. The molecule has 1 amide bonds. The van der Waals surface area contributed by atoms with Gasteiger partial charge in [-0.25, -0.2) is 0 Å². The van der Waals surface area contributed by atoms with Crippen LogP contribution in [0.15, 0.2) is 47.4 Å². The number of pyridine rings is 1. The van der Waals surface area contributed by atoms with Crippen molar-refractivity contribution in [1.29, 1.82) is 0 Å². The SMILES string of the molecule is Cc1cccc(Cn2cccc(C(=O)N3CCC(OCC(C)C)CC3)c2=O)c1. The van der Waals surface area contributed by atoms with Crippen molar-refractivity contribution in [2.45, 2.75) is 46.3 Å². The van der Waals surface area contributed by atoms with Gasteiger partial charge in [-0.05, 0) is 43.4 Å². The zero-order valence-electron chi connectivity index (χ0n) is 17.1. The first-order chi connectivity index (χ1) is 13.4. The molecule has 0 atom stereocenters. The smallest absolute Gasteiger partial charge is 0.263 e. The van der Waals surface area contributed by atoms with E-state index in [4.69, 9.17) is 4.74 Å². The zero-order chi connectivity index (χ0) is 20.1. The Morgan fingerprint density at radius 1 is 1.18 bits per heavy atom. The van der Waals surface area contributed by atoms with Gasteiger partial charge < -0.3 is 14.2 Å². The molecule has 0 N–H and O–H groups in total. The van der Waals surface area contributed by atoms with Crippen LogP contribution in [-0.4, -0.2) is 41.2 Å². The largest absolute Gasteiger partial charge is 0.378 e. The van der Waals surface area contributed by atoms with Crippen molar-refractivity contribution in [2.75, 3.05) is 19.7 Å². The summed E-state index contributed by atoms with van der Waals surface area (Å²) in [7, 11) is 0. The van der Waals surface area contributed by atoms with Crippen LogP contribution in [-0.2, 0) is 11.3 Å². The predicted molar refractivity (Wildman–Crippen MR) is 111 cm³/mol. The van der Waals surface area contributed by atoms with Crippen LogP contribution in [0.3, 0.4) is 0 Å². The summed E-state index contributed by atoms with van der Waals surface area (Å²) in [5.41, 5.74) is 2.22. The van der Waals surface area contributed by atoms with Crippen molar-refractivity contribution >= 4 is 5.91 Å². The van der Waals surface area contributed by atoms with Crippen molar-refractivity contribution < 1.29 is 9.53 Å². The molecule has 28 heavy (non-hydrogen) atoms. The first-order valence-corrected chi connectivity index (χ1v) is 10.1. The van der Waals surface area contributed by atoms with Crippen molar-refractivity contribution in [3.05, 3.63) is 69.6 Å². The van der Waals surface area contributed by atoms with E-state index in [1.54, 1.807) is 27.8 Å². The van der Waals surface area contributed by atoms with E-state index in [1.165, 1.54) is 0 Å². The van der Waals surface area contributed by atoms with Crippen LogP contribution in [0.4, 0.5) is 0 Å². The molecule has 0 unspecified atom stereocenters. The average molecular weight is 383 g/mol. The van der Waals surface area contributed by atoms with E-state index >= 15 is 0 Å². The second-order valence-electron chi connectivity index (χ2n) is 8.06. The number of likely N-dealkylation sites (tertiary alicyclic amines) is 1. The number of carbonyl (C=O) groups excluding carboxylic acids is 1. The molecule has 1 saturated heterocycles. The van der Waals surface area contributed by atoms with Crippen LogP contribution in [0.25, 0.3) is 0 Å². The minimum Gasteiger partial charge on any atom is -0.378 e. The predicted octanol–water partition coefficient (Wildman–Crippen LogP) is 3.48. The molecular formula is C23H30N2O3. The van der Waals surface area contributed by atoms with Gasteiger partial charge in [0.05, 0.1) is 12.6 Å². The Balaban J connectivity index is 1.67. The number of aryl methyl sites for hydroxylation is 1. The monoisotopic (exact) mass is 382 g/mol. The van der Waals surface area contributed by atoms with E-state index in [0.717, 1.165) is 30.6 Å². The second kappa shape index (κ2) is 9.20. The molecule has 2 heterocycles. The number of nitrogens with zero attached hydrogens (tertiary/aromatic N) is 2. The number of benzene rings is 1. The molecule has 1 aliphatic heterocycles. The number of hydrogen-bond acceptors (Lipinski definition) is 3. The molecule has 0 radical (unpaired) electrons. The molecule has 2 aromatic rings. The van der Waals surface area contributed by atoms with Crippen LogP contribution in [0.5, 0.6) is 0 Å². The summed E-state index contributed by atoms with van der Waals surface area (Å²) >= 11 is 0. The molecule has 5 heteroatoms. The van der Waals surface area contributed by atoms with E-state index in [-0.39, 0.29) is 23.1 Å². The van der Waals surface area contributed by atoms with Gasteiger partial charge in [0.25, 0.3) is 11.5 Å². The quantitative estimate of drug-likeness (QED) is 0.769. The summed E-state index contributed by atoms with van der Waals surface area (Å²) in [6.07, 6.45) is 3.60. The Morgan fingerprint density at radius 2 is 1.93 bits per heavy atom. The van der Waals surface area contributed by atoms with Crippen LogP contribution in [0.1, 0.15) is 48.2 Å². The summed E-state index contributed by atoms with van der Waals surface area (Å²) in [5, 5.41) is 0. The lowest BCUT2D eigenvalue weighted by atomic mass is 10.1. The van der Waals surface area contributed by atoms with Gasteiger partial charge in [0.1, 0.15) is 5.56 Å². The van der Waals surface area contributed by atoms with Gasteiger partial charge in [-0.1, -0.05) is 43.7 Å². The van der Waals surface area contributed by atoms with Gasteiger partial charge >= 0.3 is 0 Å². The summed E-state index contributed by atoms with van der Waals surface area (Å²) < 4.78 is 7.50. The molecule has 1 fully saturated rings. The molecule has 0 spiro atoms. The number of rotatable bonds is 6. The topological polar surface area (TPSA) is 51.5 Å². The van der Waals surface area contributed by atoms with Gasteiger partial charge in [-0.3, -0.25) is 9.59 Å². The van der Waals surface area contributed by atoms with E-state index in [0.29, 0.717) is 25.6 Å². The minimum absolute atomic E-state index is 0.175. The molecule has 0 bridgehead atoms. The van der Waals surface area contributed by atoms with Crippen molar-refractivity contribution in [3.63, 3.8) is 0 Å². The zero-order valence-corrected chi connectivity index (χ0v) is 17.1. The fourth-order valence-corrected chi connectivity index (χ4v) is 3.56. The van der Waals surface area contributed by atoms with E-state index in [1.807, 2.05) is 25.1 Å². The van der Waals surface area contributed by atoms with Gasteiger partial charge in [0.2, 0.25) is 0 Å². The van der Waals surface area contributed by atoms with E-state index in [2.05, 4.69) is 19.9 Å². The van der Waals surface area contributed by atoms with Crippen LogP contribution in [0.2, 0.25) is 0 Å². The van der Waals surface area contributed by atoms with Crippen molar-refractivity contribution in [3.8, 4) is 0 Å². The number of carbonyl (C=O) groups is 1. The highest BCUT2D eigenvalue weighted by molar-refractivity contribution is 5.93. The maximum absolute atomic E-state index is 12.9. The molecule has 1 aromatic carbocycles. The molecule has 0 aliphatic carbocycles. The lowest BCUT2D eigenvalue weighted by Crippen LogP contribution is -2.43. The Kier molecular flexibility index (Phi) is 6.68. The first kappa shape index (κ1) is 20.3. The summed E-state index contributed by atoms with van der Waals surface area (Å²) in [6, 6.07) is 11.5. The average Bonchev–Trinajstić information content (AvgIpc) is 2.68. The lowest BCUT2D eigenvalue weighted by Gasteiger charge is -2.32. The van der Waals surface area contributed by atoms with Crippen LogP contribution >= 0.6 is 0 Å². The van der Waals surface area contributed by atoms with Gasteiger partial charge in [-0.2, -0.15) is 0 Å². The highest BCUT2D eigenvalue weighted by atomic mass is 16.5. The normalized spacial score (nSPS) is 15.2. The molecular weight excluding hydrogens is 352 g/mol. The number of ether oxygens (including phenoxy) is 1. The second-order valence-corrected chi connectivity index (χ2v) is 8.06. The maximum Gasteiger partial charge on any atom is 0.263 e. The number of hydrogen-bond donors (Lipinski definition) is 0. The Labute approximate surface area is 166 Å².